The Bertz CT molecular complexity index is 291. The van der Waals surface area contributed by atoms with Gasteiger partial charge in [0.1, 0.15) is 5.83 Å². The monoisotopic (exact) mass is 192 g/mol. The summed E-state index contributed by atoms with van der Waals surface area (Å²) in [5, 5.41) is 0. The first-order valence-electron chi connectivity index (χ1n) is 3.74. The van der Waals surface area contributed by atoms with Crippen LogP contribution in [0.3, 0.4) is 0 Å². The predicted octanol–water partition coefficient (Wildman–Crippen LogP) is 3.68. The zero-order chi connectivity index (χ0) is 10.1. The van der Waals surface area contributed by atoms with E-state index in [4.69, 9.17) is 0 Å². The van der Waals surface area contributed by atoms with Gasteiger partial charge in [-0.05, 0) is 18.6 Å². The molecule has 0 saturated heterocycles. The van der Waals surface area contributed by atoms with Crippen LogP contribution >= 0.6 is 0 Å². The average Bonchev–Trinajstić information content (AvgIpc) is 2.01. The molecule has 0 heterocycles. The molecule has 72 valence electrons. The summed E-state index contributed by atoms with van der Waals surface area (Å²) in [6, 6.07) is 0. The Hall–Kier alpha value is -1.06. The molecule has 4 heteroatoms. The molecule has 13 heavy (non-hydrogen) atoms. The van der Waals surface area contributed by atoms with E-state index in [2.05, 4.69) is 0 Å². The molecule has 0 saturated carbocycles. The van der Waals surface area contributed by atoms with E-state index in [-0.39, 0.29) is 6.42 Å². The van der Waals surface area contributed by atoms with Crippen LogP contribution in [0.1, 0.15) is 13.3 Å². The van der Waals surface area contributed by atoms with Gasteiger partial charge in [0, 0.05) is 6.42 Å². The molecule has 0 aliphatic heterocycles. The van der Waals surface area contributed by atoms with E-state index in [1.807, 2.05) is 0 Å². The van der Waals surface area contributed by atoms with E-state index in [1.54, 1.807) is 13.0 Å². The SMILES string of the molecule is CC=C1C=CC(C(F)(F)F)=C(F)C1. The van der Waals surface area contributed by atoms with Crippen LogP contribution < -0.4 is 0 Å². The van der Waals surface area contributed by atoms with Gasteiger partial charge in [-0.1, -0.05) is 12.2 Å². The van der Waals surface area contributed by atoms with Gasteiger partial charge >= 0.3 is 6.18 Å². The summed E-state index contributed by atoms with van der Waals surface area (Å²) in [6.45, 7) is 1.66. The summed E-state index contributed by atoms with van der Waals surface area (Å²) in [7, 11) is 0. The van der Waals surface area contributed by atoms with E-state index in [1.165, 1.54) is 6.08 Å². The topological polar surface area (TPSA) is 0 Å². The van der Waals surface area contributed by atoms with Crippen LogP contribution in [0.5, 0.6) is 0 Å². The molecule has 1 rings (SSSR count). The van der Waals surface area contributed by atoms with Crippen molar-refractivity contribution in [1.29, 1.82) is 0 Å². The first-order valence-corrected chi connectivity index (χ1v) is 3.74. The number of hydrogen-bond donors (Lipinski definition) is 0. The molecule has 0 bridgehead atoms. The molecule has 0 aromatic rings. The molecule has 0 atom stereocenters. The zero-order valence-electron chi connectivity index (χ0n) is 6.95. The second-order valence-electron chi connectivity index (χ2n) is 2.69. The van der Waals surface area contributed by atoms with Gasteiger partial charge in [-0.15, -0.1) is 0 Å². The summed E-state index contributed by atoms with van der Waals surface area (Å²) < 4.78 is 49.0. The highest BCUT2D eigenvalue weighted by molar-refractivity contribution is 5.40. The Morgan fingerprint density at radius 1 is 1.31 bits per heavy atom. The highest BCUT2D eigenvalue weighted by atomic mass is 19.4. The number of halogens is 4. The van der Waals surface area contributed by atoms with Crippen molar-refractivity contribution in [2.45, 2.75) is 19.5 Å². The largest absolute Gasteiger partial charge is 0.418 e. The second-order valence-corrected chi connectivity index (χ2v) is 2.69. The maximum atomic E-state index is 12.8. The molecule has 0 nitrogen and oxygen atoms in total. The fourth-order valence-corrected chi connectivity index (χ4v) is 1.06. The Morgan fingerprint density at radius 2 is 1.92 bits per heavy atom. The first-order chi connectivity index (χ1) is 5.95. The Balaban J connectivity index is 2.98. The van der Waals surface area contributed by atoms with Crippen molar-refractivity contribution in [2.24, 2.45) is 0 Å². The van der Waals surface area contributed by atoms with E-state index in [0.717, 1.165) is 6.08 Å². The fourth-order valence-electron chi connectivity index (χ4n) is 1.06. The standard InChI is InChI=1S/C9H8F4/c1-2-6-3-4-7(8(10)5-6)9(11,12)13/h2-4H,5H2,1H3. The minimum Gasteiger partial charge on any atom is -0.211 e. The van der Waals surface area contributed by atoms with Crippen LogP contribution in [0, 0.1) is 0 Å². The lowest BCUT2D eigenvalue weighted by Crippen LogP contribution is -2.13. The molecular formula is C9H8F4. The van der Waals surface area contributed by atoms with Gasteiger partial charge in [0.15, 0.2) is 0 Å². The quantitative estimate of drug-likeness (QED) is 0.513. The summed E-state index contributed by atoms with van der Waals surface area (Å²) in [5.74, 6) is -1.11. The molecule has 0 aromatic heterocycles. The third kappa shape index (κ3) is 2.20. The lowest BCUT2D eigenvalue weighted by Gasteiger charge is -2.14. The predicted molar refractivity (Wildman–Crippen MR) is 41.7 cm³/mol. The smallest absolute Gasteiger partial charge is 0.211 e. The lowest BCUT2D eigenvalue weighted by molar-refractivity contribution is -0.0902. The highest BCUT2D eigenvalue weighted by Gasteiger charge is 2.36. The average molecular weight is 192 g/mol. The minimum absolute atomic E-state index is 0.262. The van der Waals surface area contributed by atoms with Crippen molar-refractivity contribution in [3.05, 3.63) is 35.2 Å². The van der Waals surface area contributed by atoms with E-state index < -0.39 is 17.6 Å². The third-order valence-electron chi connectivity index (χ3n) is 1.79. The van der Waals surface area contributed by atoms with Gasteiger partial charge in [0.25, 0.3) is 0 Å². The van der Waals surface area contributed by atoms with E-state index >= 15 is 0 Å². The molecule has 0 N–H and O–H groups in total. The van der Waals surface area contributed by atoms with Crippen LogP contribution in [0.4, 0.5) is 17.6 Å². The fraction of sp³-hybridized carbons (Fsp3) is 0.333. The Labute approximate surface area is 73.2 Å². The number of alkyl halides is 3. The van der Waals surface area contributed by atoms with E-state index in [0.29, 0.717) is 5.57 Å². The number of rotatable bonds is 0. The summed E-state index contributed by atoms with van der Waals surface area (Å²) in [4.78, 5) is 0. The van der Waals surface area contributed by atoms with Crippen LogP contribution in [0.15, 0.2) is 35.2 Å². The second kappa shape index (κ2) is 3.36. The van der Waals surface area contributed by atoms with Gasteiger partial charge in [0.05, 0.1) is 5.57 Å². The molecule has 1 aliphatic carbocycles. The third-order valence-corrected chi connectivity index (χ3v) is 1.79. The van der Waals surface area contributed by atoms with Gasteiger partial charge < -0.3 is 0 Å². The van der Waals surface area contributed by atoms with Gasteiger partial charge in [-0.2, -0.15) is 13.2 Å². The molecule has 0 fully saturated rings. The van der Waals surface area contributed by atoms with Crippen molar-refractivity contribution < 1.29 is 17.6 Å². The van der Waals surface area contributed by atoms with Crippen molar-refractivity contribution in [2.75, 3.05) is 0 Å². The number of hydrogen-bond acceptors (Lipinski definition) is 0. The number of allylic oxidation sites excluding steroid dienone is 6. The van der Waals surface area contributed by atoms with Crippen molar-refractivity contribution in [3.8, 4) is 0 Å². The molecule has 0 radical (unpaired) electrons. The van der Waals surface area contributed by atoms with Crippen LogP contribution in [0.25, 0.3) is 0 Å². The maximum absolute atomic E-state index is 12.8. The Morgan fingerprint density at radius 3 is 2.31 bits per heavy atom. The van der Waals surface area contributed by atoms with Crippen molar-refractivity contribution in [3.63, 3.8) is 0 Å². The Kier molecular flexibility index (Phi) is 2.59. The van der Waals surface area contributed by atoms with Gasteiger partial charge in [-0.3, -0.25) is 0 Å². The van der Waals surface area contributed by atoms with Crippen molar-refractivity contribution >= 4 is 0 Å². The van der Waals surface area contributed by atoms with Crippen LogP contribution in [0.2, 0.25) is 0 Å². The molecular weight excluding hydrogens is 184 g/mol. The molecule has 0 aromatic carbocycles. The lowest BCUT2D eigenvalue weighted by atomic mass is 10.0. The highest BCUT2D eigenvalue weighted by Crippen LogP contribution is 2.35. The summed E-state index contributed by atoms with van der Waals surface area (Å²) in [6.07, 6.45) is -1.20. The molecule has 0 spiro atoms. The summed E-state index contributed by atoms with van der Waals surface area (Å²) >= 11 is 0. The molecule has 1 aliphatic rings. The van der Waals surface area contributed by atoms with Gasteiger partial charge in [0.2, 0.25) is 0 Å². The normalized spacial score (nSPS) is 21.5. The van der Waals surface area contributed by atoms with E-state index in [9.17, 15) is 17.6 Å². The van der Waals surface area contributed by atoms with Crippen molar-refractivity contribution in [1.82, 2.24) is 0 Å². The summed E-state index contributed by atoms with van der Waals surface area (Å²) in [5.41, 5.74) is -0.608. The van der Waals surface area contributed by atoms with Crippen LogP contribution in [-0.2, 0) is 0 Å². The first kappa shape index (κ1) is 10.0. The molecule has 0 amide bonds. The van der Waals surface area contributed by atoms with Crippen LogP contribution in [-0.4, -0.2) is 6.18 Å². The van der Waals surface area contributed by atoms with Gasteiger partial charge in [-0.25, -0.2) is 4.39 Å². The molecule has 0 unspecified atom stereocenters. The zero-order valence-corrected chi connectivity index (χ0v) is 6.95. The maximum Gasteiger partial charge on any atom is 0.418 e. The minimum atomic E-state index is -4.58.